The number of carbonyl (C=O) groups excluding carboxylic acids is 1. The number of oxazole rings is 1. The van der Waals surface area contributed by atoms with Gasteiger partial charge in [-0.15, -0.1) is 0 Å². The van der Waals surface area contributed by atoms with E-state index in [4.69, 9.17) is 4.42 Å². The van der Waals surface area contributed by atoms with E-state index in [1.165, 1.54) is 6.92 Å². The van der Waals surface area contributed by atoms with E-state index in [-0.39, 0.29) is 5.22 Å². The third-order valence-corrected chi connectivity index (χ3v) is 5.62. The number of benzene rings is 1. The molecule has 0 aliphatic rings. The van der Waals surface area contributed by atoms with Gasteiger partial charge in [0.05, 0.1) is 0 Å². The topological polar surface area (TPSA) is 92.4 Å². The quantitative estimate of drug-likeness (QED) is 0.478. The minimum Gasteiger partial charge on any atom is -0.480 e. The lowest BCUT2D eigenvalue weighted by Crippen LogP contribution is -2.49. The zero-order chi connectivity index (χ0) is 19.2. The molecule has 6 nitrogen and oxygen atoms in total. The first-order chi connectivity index (χ1) is 12.4. The molecule has 0 bridgehead atoms. The number of fused-ring (bicyclic) bond motifs is 1. The molecule has 0 aliphatic carbocycles. The molecule has 0 spiro atoms. The van der Waals surface area contributed by atoms with E-state index in [0.29, 0.717) is 23.6 Å². The number of rotatable bonds is 10. The van der Waals surface area contributed by atoms with E-state index < -0.39 is 16.6 Å². The Morgan fingerprint density at radius 1 is 1.35 bits per heavy atom. The van der Waals surface area contributed by atoms with Crippen molar-refractivity contribution in [2.75, 3.05) is 6.54 Å². The van der Waals surface area contributed by atoms with Gasteiger partial charge in [-0.05, 0) is 43.2 Å². The van der Waals surface area contributed by atoms with Gasteiger partial charge in [0.15, 0.2) is 10.3 Å². The summed E-state index contributed by atoms with van der Waals surface area (Å²) in [5.41, 5.74) is 1.20. The van der Waals surface area contributed by atoms with Crippen LogP contribution in [0.25, 0.3) is 11.1 Å². The lowest BCUT2D eigenvalue weighted by atomic mass is 9.99. The van der Waals surface area contributed by atoms with Crippen LogP contribution in [0.2, 0.25) is 0 Å². The van der Waals surface area contributed by atoms with Crippen molar-refractivity contribution in [1.29, 1.82) is 0 Å². The van der Waals surface area contributed by atoms with Gasteiger partial charge in [-0.3, -0.25) is 9.59 Å². The van der Waals surface area contributed by atoms with Crippen molar-refractivity contribution < 1.29 is 19.1 Å². The zero-order valence-corrected chi connectivity index (χ0v) is 16.3. The van der Waals surface area contributed by atoms with Crippen LogP contribution in [-0.4, -0.2) is 33.3 Å². The minimum atomic E-state index is -1.70. The second-order valence-corrected chi connectivity index (χ2v) is 7.88. The Morgan fingerprint density at radius 3 is 2.69 bits per heavy atom. The lowest BCUT2D eigenvalue weighted by Gasteiger charge is -2.23. The van der Waals surface area contributed by atoms with Crippen LogP contribution >= 0.6 is 11.8 Å². The number of carboxylic acid groups (broad SMARTS) is 1. The van der Waals surface area contributed by atoms with Crippen LogP contribution < -0.4 is 5.32 Å². The molecule has 7 heteroatoms. The van der Waals surface area contributed by atoms with Crippen molar-refractivity contribution in [3.63, 3.8) is 0 Å². The molecule has 1 amide bonds. The van der Waals surface area contributed by atoms with Crippen molar-refractivity contribution in [3.05, 3.63) is 24.3 Å². The number of unbranched alkanes of at least 4 members (excludes halogenated alkanes) is 1. The van der Waals surface area contributed by atoms with Gasteiger partial charge >= 0.3 is 5.97 Å². The molecule has 0 saturated heterocycles. The summed E-state index contributed by atoms with van der Waals surface area (Å²) in [7, 11) is 0. The Hall–Kier alpha value is -2.02. The zero-order valence-electron chi connectivity index (χ0n) is 15.4. The average Bonchev–Trinajstić information content (AvgIpc) is 3.03. The third-order valence-electron chi connectivity index (χ3n) is 4.50. The van der Waals surface area contributed by atoms with E-state index in [1.807, 2.05) is 12.1 Å². The molecule has 1 aromatic heterocycles. The third kappa shape index (κ3) is 4.78. The number of amides is 1. The van der Waals surface area contributed by atoms with E-state index in [1.54, 1.807) is 12.1 Å². The number of hydrogen-bond acceptors (Lipinski definition) is 5. The Morgan fingerprint density at radius 2 is 2.08 bits per heavy atom. The SMILES string of the molecule is CCCCC(CC)CNC(=O)C(C)(Sc1nc2ccccc2o1)C(=O)O. The molecule has 2 aromatic rings. The Balaban J connectivity index is 2.09. The number of thioether (sulfide) groups is 1. The second kappa shape index (κ2) is 9.07. The Kier molecular flexibility index (Phi) is 7.08. The number of aromatic nitrogens is 1. The molecule has 2 rings (SSSR count). The van der Waals surface area contributed by atoms with Gasteiger partial charge in [-0.2, -0.15) is 0 Å². The minimum absolute atomic E-state index is 0.171. The molecule has 2 N–H and O–H groups in total. The largest absolute Gasteiger partial charge is 0.480 e. The fourth-order valence-electron chi connectivity index (χ4n) is 2.61. The molecular weight excluding hydrogens is 352 g/mol. The molecule has 2 atom stereocenters. The standard InChI is InChI=1S/C19H26N2O4S/c1-4-6-9-13(5-2)12-20-16(22)19(3,17(23)24)26-18-21-14-10-7-8-11-15(14)25-18/h7-8,10-11,13H,4-6,9,12H2,1-3H3,(H,20,22)(H,23,24). The van der Waals surface area contributed by atoms with E-state index >= 15 is 0 Å². The molecule has 1 heterocycles. The maximum absolute atomic E-state index is 12.6. The van der Waals surface area contributed by atoms with Crippen molar-refractivity contribution in [2.45, 2.75) is 56.4 Å². The first kappa shape index (κ1) is 20.3. The van der Waals surface area contributed by atoms with Crippen LogP contribution in [0.3, 0.4) is 0 Å². The average molecular weight is 378 g/mol. The molecule has 0 radical (unpaired) electrons. The molecule has 0 saturated carbocycles. The summed E-state index contributed by atoms with van der Waals surface area (Å²) in [6, 6.07) is 7.17. The smallest absolute Gasteiger partial charge is 0.329 e. The molecule has 2 unspecified atom stereocenters. The van der Waals surface area contributed by atoms with Gasteiger partial charge in [-0.25, -0.2) is 4.98 Å². The second-order valence-electron chi connectivity index (χ2n) is 6.51. The summed E-state index contributed by atoms with van der Waals surface area (Å²) in [4.78, 5) is 28.7. The molecule has 0 aliphatic heterocycles. The number of nitrogens with one attached hydrogen (secondary N) is 1. The van der Waals surface area contributed by atoms with Gasteiger partial charge < -0.3 is 14.8 Å². The van der Waals surface area contributed by atoms with Crippen LogP contribution in [0.1, 0.15) is 46.5 Å². The maximum atomic E-state index is 12.6. The number of nitrogens with zero attached hydrogens (tertiary/aromatic N) is 1. The molecule has 26 heavy (non-hydrogen) atoms. The summed E-state index contributed by atoms with van der Waals surface area (Å²) in [6.07, 6.45) is 4.17. The van der Waals surface area contributed by atoms with E-state index in [2.05, 4.69) is 24.1 Å². The number of para-hydroxylation sites is 2. The number of carbonyl (C=O) groups is 2. The maximum Gasteiger partial charge on any atom is 0.329 e. The van der Waals surface area contributed by atoms with Crippen molar-refractivity contribution in [2.24, 2.45) is 5.92 Å². The molecule has 1 aromatic carbocycles. The highest BCUT2D eigenvalue weighted by atomic mass is 32.2. The van der Waals surface area contributed by atoms with Crippen LogP contribution in [-0.2, 0) is 9.59 Å². The monoisotopic (exact) mass is 378 g/mol. The highest BCUT2D eigenvalue weighted by Crippen LogP contribution is 2.34. The van der Waals surface area contributed by atoms with Crippen LogP contribution in [0.4, 0.5) is 0 Å². The lowest BCUT2D eigenvalue weighted by molar-refractivity contribution is -0.144. The summed E-state index contributed by atoms with van der Waals surface area (Å²) >= 11 is 0.821. The molecular formula is C19H26N2O4S. The van der Waals surface area contributed by atoms with Crippen molar-refractivity contribution >= 4 is 34.7 Å². The number of aliphatic carboxylic acids is 1. The predicted octanol–water partition coefficient (Wildman–Crippen LogP) is 4.10. The first-order valence-electron chi connectivity index (χ1n) is 8.97. The van der Waals surface area contributed by atoms with Gasteiger partial charge in [-0.1, -0.05) is 45.2 Å². The van der Waals surface area contributed by atoms with Gasteiger partial charge in [0, 0.05) is 6.54 Å². The highest BCUT2D eigenvalue weighted by molar-refractivity contribution is 8.02. The van der Waals surface area contributed by atoms with E-state index in [9.17, 15) is 14.7 Å². The van der Waals surface area contributed by atoms with Crippen LogP contribution in [0.5, 0.6) is 0 Å². The van der Waals surface area contributed by atoms with Crippen molar-refractivity contribution in [1.82, 2.24) is 10.3 Å². The summed E-state index contributed by atoms with van der Waals surface area (Å²) < 4.78 is 3.87. The molecule has 0 fully saturated rings. The summed E-state index contributed by atoms with van der Waals surface area (Å²) in [6.45, 7) is 6.07. The normalized spacial score (nSPS) is 14.7. The summed E-state index contributed by atoms with van der Waals surface area (Å²) in [5.74, 6) is -1.40. The highest BCUT2D eigenvalue weighted by Gasteiger charge is 2.44. The van der Waals surface area contributed by atoms with E-state index in [0.717, 1.165) is 37.4 Å². The predicted molar refractivity (Wildman–Crippen MR) is 102 cm³/mol. The van der Waals surface area contributed by atoms with Gasteiger partial charge in [0.25, 0.3) is 5.22 Å². The van der Waals surface area contributed by atoms with Crippen LogP contribution in [0, 0.1) is 5.92 Å². The first-order valence-corrected chi connectivity index (χ1v) is 9.78. The number of carboxylic acids is 1. The fraction of sp³-hybridized carbons (Fsp3) is 0.526. The summed E-state index contributed by atoms with van der Waals surface area (Å²) in [5, 5.41) is 12.6. The van der Waals surface area contributed by atoms with Crippen molar-refractivity contribution in [3.8, 4) is 0 Å². The molecule has 142 valence electrons. The van der Waals surface area contributed by atoms with Gasteiger partial charge in [0.1, 0.15) is 5.52 Å². The fourth-order valence-corrected chi connectivity index (χ4v) is 3.48. The van der Waals surface area contributed by atoms with Gasteiger partial charge in [0.2, 0.25) is 5.91 Å². The van der Waals surface area contributed by atoms with Crippen LogP contribution in [0.15, 0.2) is 33.9 Å². The number of hydrogen-bond donors (Lipinski definition) is 2. The Bertz CT molecular complexity index is 728. The Labute approximate surface area is 157 Å².